The van der Waals surface area contributed by atoms with E-state index in [1.54, 1.807) is 24.5 Å². The Balaban J connectivity index is 1.45. The summed E-state index contributed by atoms with van der Waals surface area (Å²) in [5.41, 5.74) is 0. The van der Waals surface area contributed by atoms with Gasteiger partial charge in [0.25, 0.3) is 5.91 Å². The molecule has 0 aromatic carbocycles. The van der Waals surface area contributed by atoms with Gasteiger partial charge in [-0.1, -0.05) is 6.07 Å². The van der Waals surface area contributed by atoms with E-state index in [9.17, 15) is 9.59 Å². The Labute approximate surface area is 164 Å². The van der Waals surface area contributed by atoms with E-state index in [4.69, 9.17) is 0 Å². The molecule has 8 heteroatoms. The predicted molar refractivity (Wildman–Crippen MR) is 105 cm³/mol. The molecule has 134 valence electrons. The van der Waals surface area contributed by atoms with E-state index in [0.29, 0.717) is 18.0 Å². The van der Waals surface area contributed by atoms with Crippen LogP contribution in [0.25, 0.3) is 0 Å². The molecule has 0 saturated carbocycles. The van der Waals surface area contributed by atoms with Crippen molar-refractivity contribution in [3.63, 3.8) is 0 Å². The largest absolute Gasteiger partial charge is 0.339 e. The van der Waals surface area contributed by atoms with E-state index >= 15 is 0 Å². The van der Waals surface area contributed by atoms with Gasteiger partial charge < -0.3 is 9.80 Å². The fraction of sp³-hybridized carbons (Fsp3) is 0.412. The molecule has 1 saturated heterocycles. The molecule has 0 radical (unpaired) electrons. The molecule has 5 nitrogen and oxygen atoms in total. The minimum absolute atomic E-state index is 0.0194. The third-order valence-corrected chi connectivity index (χ3v) is 6.65. The summed E-state index contributed by atoms with van der Waals surface area (Å²) in [6.07, 6.45) is 0. The zero-order valence-corrected chi connectivity index (χ0v) is 17.2. The molecular formula is C17H20BrN3O2S2. The van der Waals surface area contributed by atoms with E-state index < -0.39 is 0 Å². The maximum Gasteiger partial charge on any atom is 0.264 e. The Morgan fingerprint density at radius 2 is 1.96 bits per heavy atom. The summed E-state index contributed by atoms with van der Waals surface area (Å²) in [7, 11) is 1.69. The fourth-order valence-electron chi connectivity index (χ4n) is 2.78. The second kappa shape index (κ2) is 8.44. The van der Waals surface area contributed by atoms with Crippen LogP contribution in [-0.4, -0.2) is 66.3 Å². The standard InChI is InChI=1S/C17H20BrN3O2S2/c1-19(17(23)14-3-2-10-24-14)12-16(22)21-8-6-20(7-9-21)11-13-4-5-15(18)25-13/h2-5,10H,6-9,11-12H2,1H3. The molecule has 25 heavy (non-hydrogen) atoms. The molecule has 1 aliphatic rings. The quantitative estimate of drug-likeness (QED) is 0.715. The van der Waals surface area contributed by atoms with E-state index in [1.165, 1.54) is 21.1 Å². The maximum atomic E-state index is 12.5. The molecule has 1 aliphatic heterocycles. The van der Waals surface area contributed by atoms with E-state index in [2.05, 4.69) is 33.0 Å². The van der Waals surface area contributed by atoms with Crippen LogP contribution in [0.5, 0.6) is 0 Å². The highest BCUT2D eigenvalue weighted by Gasteiger charge is 2.24. The van der Waals surface area contributed by atoms with Gasteiger partial charge >= 0.3 is 0 Å². The van der Waals surface area contributed by atoms with Crippen LogP contribution in [0.3, 0.4) is 0 Å². The molecule has 3 rings (SSSR count). The molecule has 0 N–H and O–H groups in total. The maximum absolute atomic E-state index is 12.5. The highest BCUT2D eigenvalue weighted by molar-refractivity contribution is 9.11. The highest BCUT2D eigenvalue weighted by Crippen LogP contribution is 2.23. The van der Waals surface area contributed by atoms with Crippen LogP contribution in [-0.2, 0) is 11.3 Å². The van der Waals surface area contributed by atoms with Crippen molar-refractivity contribution in [2.45, 2.75) is 6.54 Å². The van der Waals surface area contributed by atoms with Crippen molar-refractivity contribution in [1.29, 1.82) is 0 Å². The first-order chi connectivity index (χ1) is 12.0. The second-order valence-corrected chi connectivity index (χ2v) is 9.50. The molecule has 0 aliphatic carbocycles. The normalized spacial score (nSPS) is 15.4. The number of rotatable bonds is 5. The van der Waals surface area contributed by atoms with Crippen LogP contribution >= 0.6 is 38.6 Å². The first-order valence-corrected chi connectivity index (χ1v) is 10.5. The molecule has 0 atom stereocenters. The summed E-state index contributed by atoms with van der Waals surface area (Å²) in [6.45, 7) is 4.22. The average molecular weight is 442 g/mol. The molecule has 2 aromatic heterocycles. The van der Waals surface area contributed by atoms with Crippen LogP contribution in [0.4, 0.5) is 0 Å². The van der Waals surface area contributed by atoms with Crippen molar-refractivity contribution >= 4 is 50.4 Å². The number of amides is 2. The zero-order valence-electron chi connectivity index (χ0n) is 14.0. The van der Waals surface area contributed by atoms with Gasteiger partial charge in [0.2, 0.25) is 5.91 Å². The topological polar surface area (TPSA) is 43.9 Å². The molecule has 0 unspecified atom stereocenters. The van der Waals surface area contributed by atoms with Gasteiger partial charge in [-0.25, -0.2) is 0 Å². The van der Waals surface area contributed by atoms with Gasteiger partial charge in [-0.3, -0.25) is 14.5 Å². The average Bonchev–Trinajstić information content (AvgIpc) is 3.26. The van der Waals surface area contributed by atoms with Gasteiger partial charge in [0.15, 0.2) is 0 Å². The van der Waals surface area contributed by atoms with E-state index in [-0.39, 0.29) is 18.4 Å². The fourth-order valence-corrected chi connectivity index (χ4v) is 5.02. The number of piperazine rings is 1. The summed E-state index contributed by atoms with van der Waals surface area (Å²) >= 11 is 6.64. The molecule has 3 heterocycles. The minimum atomic E-state index is -0.0924. The lowest BCUT2D eigenvalue weighted by atomic mass is 10.3. The van der Waals surface area contributed by atoms with Gasteiger partial charge in [0.1, 0.15) is 0 Å². The Bertz CT molecular complexity index is 724. The lowest BCUT2D eigenvalue weighted by Crippen LogP contribution is -2.51. The third kappa shape index (κ3) is 4.91. The molecule has 0 bridgehead atoms. The van der Waals surface area contributed by atoms with Crippen molar-refractivity contribution < 1.29 is 9.59 Å². The van der Waals surface area contributed by atoms with Crippen molar-refractivity contribution in [2.75, 3.05) is 39.8 Å². The minimum Gasteiger partial charge on any atom is -0.339 e. The summed E-state index contributed by atoms with van der Waals surface area (Å²) < 4.78 is 1.15. The van der Waals surface area contributed by atoms with E-state index in [1.807, 2.05) is 16.3 Å². The smallest absolute Gasteiger partial charge is 0.264 e. The van der Waals surface area contributed by atoms with Crippen LogP contribution in [0.1, 0.15) is 14.5 Å². The summed E-state index contributed by atoms with van der Waals surface area (Å²) in [4.78, 5) is 32.4. The number of hydrogen-bond acceptors (Lipinski definition) is 5. The van der Waals surface area contributed by atoms with Gasteiger partial charge in [-0.2, -0.15) is 0 Å². The number of nitrogens with zero attached hydrogens (tertiary/aromatic N) is 3. The van der Waals surface area contributed by atoms with Crippen LogP contribution in [0.15, 0.2) is 33.4 Å². The van der Waals surface area contributed by atoms with Crippen LogP contribution in [0.2, 0.25) is 0 Å². The SMILES string of the molecule is CN(CC(=O)N1CCN(Cc2ccc(Br)s2)CC1)C(=O)c1cccs1. The van der Waals surface area contributed by atoms with Crippen LogP contribution in [0, 0.1) is 0 Å². The van der Waals surface area contributed by atoms with Crippen molar-refractivity contribution in [3.05, 3.63) is 43.2 Å². The molecule has 2 amide bonds. The summed E-state index contributed by atoms with van der Waals surface area (Å²) in [5, 5.41) is 1.87. The Kier molecular flexibility index (Phi) is 6.27. The van der Waals surface area contributed by atoms with Gasteiger partial charge in [0.05, 0.1) is 15.2 Å². The first kappa shape index (κ1) is 18.6. The molecule has 2 aromatic rings. The number of likely N-dealkylation sites (N-methyl/N-ethyl adjacent to an activating group) is 1. The molecule has 0 spiro atoms. The lowest BCUT2D eigenvalue weighted by Gasteiger charge is -2.35. The summed E-state index contributed by atoms with van der Waals surface area (Å²) in [5.74, 6) is -0.0730. The second-order valence-electron chi connectivity index (χ2n) is 6.00. The number of thiophene rings is 2. The first-order valence-electron chi connectivity index (χ1n) is 8.06. The van der Waals surface area contributed by atoms with Gasteiger partial charge in [-0.05, 0) is 39.5 Å². The Hall–Kier alpha value is -1.22. The number of hydrogen-bond donors (Lipinski definition) is 0. The molecular weight excluding hydrogens is 422 g/mol. The Morgan fingerprint density at radius 1 is 1.20 bits per heavy atom. The number of carbonyl (C=O) groups is 2. The predicted octanol–water partition coefficient (Wildman–Crippen LogP) is 2.99. The summed E-state index contributed by atoms with van der Waals surface area (Å²) in [6, 6.07) is 7.84. The van der Waals surface area contributed by atoms with Gasteiger partial charge in [-0.15, -0.1) is 22.7 Å². The number of carbonyl (C=O) groups excluding carboxylic acids is 2. The van der Waals surface area contributed by atoms with Crippen molar-refractivity contribution in [3.8, 4) is 0 Å². The third-order valence-electron chi connectivity index (χ3n) is 4.18. The molecule has 1 fully saturated rings. The number of halogens is 1. The van der Waals surface area contributed by atoms with Crippen LogP contribution < -0.4 is 0 Å². The highest BCUT2D eigenvalue weighted by atomic mass is 79.9. The Morgan fingerprint density at radius 3 is 2.56 bits per heavy atom. The van der Waals surface area contributed by atoms with Crippen molar-refractivity contribution in [2.24, 2.45) is 0 Å². The zero-order chi connectivity index (χ0) is 17.8. The van der Waals surface area contributed by atoms with E-state index in [0.717, 1.165) is 23.4 Å². The monoisotopic (exact) mass is 441 g/mol. The van der Waals surface area contributed by atoms with Gasteiger partial charge in [0, 0.05) is 44.6 Å². The lowest BCUT2D eigenvalue weighted by molar-refractivity contribution is -0.133. The van der Waals surface area contributed by atoms with Crippen molar-refractivity contribution in [1.82, 2.24) is 14.7 Å².